The number of benzene rings is 1. The van der Waals surface area contributed by atoms with E-state index in [-0.39, 0.29) is 6.04 Å². The number of carboxylic acids is 1. The van der Waals surface area contributed by atoms with E-state index < -0.39 is 11.9 Å². The van der Waals surface area contributed by atoms with Crippen molar-refractivity contribution in [1.29, 1.82) is 0 Å². The maximum atomic E-state index is 11.4. The molecule has 0 spiro atoms. The highest BCUT2D eigenvalue weighted by molar-refractivity contribution is 7.98. The summed E-state index contributed by atoms with van der Waals surface area (Å²) in [5.74, 6) is -1.55. The van der Waals surface area contributed by atoms with Gasteiger partial charge < -0.3 is 10.4 Å². The van der Waals surface area contributed by atoms with Crippen molar-refractivity contribution in [2.24, 2.45) is 0 Å². The van der Waals surface area contributed by atoms with Crippen LogP contribution in [0.15, 0.2) is 41.3 Å². The molecule has 0 aliphatic heterocycles. The summed E-state index contributed by atoms with van der Waals surface area (Å²) in [5.41, 5.74) is 0.977. The molecular weight excluding hydrogens is 250 g/mol. The summed E-state index contributed by atoms with van der Waals surface area (Å²) in [5, 5.41) is 11.1. The number of amides is 1. The van der Waals surface area contributed by atoms with Gasteiger partial charge in [0.15, 0.2) is 0 Å². The lowest BCUT2D eigenvalue weighted by atomic mass is 10.1. The van der Waals surface area contributed by atoms with Gasteiger partial charge in [0, 0.05) is 17.0 Å². The average Bonchev–Trinajstić information content (AvgIpc) is 2.36. The Balaban J connectivity index is 2.61. The first-order valence-corrected chi connectivity index (χ1v) is 6.61. The number of nitrogens with one attached hydrogen (secondary N) is 1. The Morgan fingerprint density at radius 1 is 1.28 bits per heavy atom. The summed E-state index contributed by atoms with van der Waals surface area (Å²) in [6.07, 6.45) is 3.82. The van der Waals surface area contributed by atoms with E-state index in [0.717, 1.165) is 22.6 Å². The molecule has 1 aromatic rings. The van der Waals surface area contributed by atoms with Crippen LogP contribution in [0.25, 0.3) is 0 Å². The summed E-state index contributed by atoms with van der Waals surface area (Å²) in [7, 11) is 0. The fourth-order valence-corrected chi connectivity index (χ4v) is 1.79. The molecule has 0 aromatic heterocycles. The molecule has 1 atom stereocenters. The Bertz CT molecular complexity index is 454. The number of thioether (sulfide) groups is 1. The van der Waals surface area contributed by atoms with Gasteiger partial charge in [-0.05, 0) is 30.9 Å². The minimum atomic E-state index is -1.14. The van der Waals surface area contributed by atoms with Crippen LogP contribution in [0.1, 0.15) is 18.5 Å². The molecule has 1 aromatic carbocycles. The predicted octanol–water partition coefficient (Wildman–Crippen LogP) is 2.23. The second kappa shape index (κ2) is 6.86. The predicted molar refractivity (Wildman–Crippen MR) is 71.6 cm³/mol. The van der Waals surface area contributed by atoms with E-state index in [1.54, 1.807) is 11.8 Å². The summed E-state index contributed by atoms with van der Waals surface area (Å²) < 4.78 is 0. The van der Waals surface area contributed by atoms with E-state index in [1.807, 2.05) is 37.4 Å². The van der Waals surface area contributed by atoms with Crippen LogP contribution in [-0.4, -0.2) is 23.2 Å². The molecule has 4 nitrogen and oxygen atoms in total. The van der Waals surface area contributed by atoms with Gasteiger partial charge in [0.25, 0.3) is 0 Å². The summed E-state index contributed by atoms with van der Waals surface area (Å²) in [6.45, 7) is 1.85. The molecule has 0 saturated carbocycles. The second-order valence-corrected chi connectivity index (χ2v) is 4.55. The Labute approximate surface area is 110 Å². The van der Waals surface area contributed by atoms with Crippen LogP contribution in [0.2, 0.25) is 0 Å². The largest absolute Gasteiger partial charge is 0.478 e. The molecular formula is C13H15NO3S. The van der Waals surface area contributed by atoms with E-state index in [1.165, 1.54) is 0 Å². The van der Waals surface area contributed by atoms with Crippen LogP contribution in [0.3, 0.4) is 0 Å². The van der Waals surface area contributed by atoms with E-state index in [2.05, 4.69) is 5.32 Å². The monoisotopic (exact) mass is 265 g/mol. The van der Waals surface area contributed by atoms with E-state index in [4.69, 9.17) is 5.11 Å². The SMILES string of the molecule is CSc1ccc(C(C)NC(=O)/C=C/C(=O)O)cc1. The number of carbonyl (C=O) groups excluding carboxylic acids is 1. The molecule has 0 heterocycles. The molecule has 0 aliphatic rings. The highest BCUT2D eigenvalue weighted by atomic mass is 32.2. The molecule has 18 heavy (non-hydrogen) atoms. The normalized spacial score (nSPS) is 12.3. The van der Waals surface area contributed by atoms with Gasteiger partial charge in [0.05, 0.1) is 6.04 Å². The van der Waals surface area contributed by atoms with Crippen molar-refractivity contribution in [1.82, 2.24) is 5.32 Å². The van der Waals surface area contributed by atoms with Crippen molar-refractivity contribution in [2.45, 2.75) is 17.9 Å². The second-order valence-electron chi connectivity index (χ2n) is 3.68. The average molecular weight is 265 g/mol. The van der Waals surface area contributed by atoms with Gasteiger partial charge >= 0.3 is 5.97 Å². The number of rotatable bonds is 5. The highest BCUT2D eigenvalue weighted by Crippen LogP contribution is 2.18. The third kappa shape index (κ3) is 4.63. The Kier molecular flexibility index (Phi) is 5.45. The van der Waals surface area contributed by atoms with Crippen LogP contribution in [-0.2, 0) is 9.59 Å². The van der Waals surface area contributed by atoms with Gasteiger partial charge in [0.2, 0.25) is 5.91 Å². The minimum absolute atomic E-state index is 0.160. The first kappa shape index (κ1) is 14.3. The van der Waals surface area contributed by atoms with E-state index in [9.17, 15) is 9.59 Å². The summed E-state index contributed by atoms with van der Waals surface area (Å²) >= 11 is 1.65. The van der Waals surface area contributed by atoms with Crippen LogP contribution in [0.4, 0.5) is 0 Å². The lowest BCUT2D eigenvalue weighted by Crippen LogP contribution is -2.24. The zero-order valence-corrected chi connectivity index (χ0v) is 11.0. The summed E-state index contributed by atoms with van der Waals surface area (Å²) in [4.78, 5) is 22.8. The minimum Gasteiger partial charge on any atom is -0.478 e. The fourth-order valence-electron chi connectivity index (χ4n) is 1.38. The molecule has 0 saturated heterocycles. The van der Waals surface area contributed by atoms with Crippen molar-refractivity contribution in [3.63, 3.8) is 0 Å². The topological polar surface area (TPSA) is 66.4 Å². The lowest BCUT2D eigenvalue weighted by molar-refractivity contribution is -0.131. The van der Waals surface area contributed by atoms with Gasteiger partial charge in [-0.2, -0.15) is 0 Å². The van der Waals surface area contributed by atoms with E-state index >= 15 is 0 Å². The van der Waals surface area contributed by atoms with Crippen molar-refractivity contribution >= 4 is 23.6 Å². The maximum absolute atomic E-state index is 11.4. The molecule has 0 aliphatic carbocycles. The zero-order chi connectivity index (χ0) is 13.5. The number of hydrogen-bond acceptors (Lipinski definition) is 3. The molecule has 0 fully saturated rings. The quantitative estimate of drug-likeness (QED) is 0.633. The van der Waals surface area contributed by atoms with Crippen LogP contribution in [0.5, 0.6) is 0 Å². The third-order valence-electron chi connectivity index (χ3n) is 2.35. The molecule has 96 valence electrons. The molecule has 0 radical (unpaired) electrons. The molecule has 5 heteroatoms. The third-order valence-corrected chi connectivity index (χ3v) is 3.10. The van der Waals surface area contributed by atoms with Gasteiger partial charge in [-0.25, -0.2) is 4.79 Å². The maximum Gasteiger partial charge on any atom is 0.328 e. The molecule has 1 rings (SSSR count). The molecule has 0 bridgehead atoms. The van der Waals surface area contributed by atoms with Crippen LogP contribution < -0.4 is 5.32 Å². The van der Waals surface area contributed by atoms with Crippen LogP contribution >= 0.6 is 11.8 Å². The number of carbonyl (C=O) groups is 2. The molecule has 2 N–H and O–H groups in total. The smallest absolute Gasteiger partial charge is 0.328 e. The number of hydrogen-bond donors (Lipinski definition) is 2. The van der Waals surface area contributed by atoms with Crippen LogP contribution in [0, 0.1) is 0 Å². The van der Waals surface area contributed by atoms with Crippen molar-refractivity contribution in [3.05, 3.63) is 42.0 Å². The zero-order valence-electron chi connectivity index (χ0n) is 10.2. The van der Waals surface area contributed by atoms with Gasteiger partial charge in [-0.1, -0.05) is 12.1 Å². The van der Waals surface area contributed by atoms with Gasteiger partial charge in [0.1, 0.15) is 0 Å². The van der Waals surface area contributed by atoms with Crippen molar-refractivity contribution in [2.75, 3.05) is 6.26 Å². The number of aliphatic carboxylic acids is 1. The Hall–Kier alpha value is -1.75. The molecule has 1 unspecified atom stereocenters. The van der Waals surface area contributed by atoms with Crippen molar-refractivity contribution in [3.8, 4) is 0 Å². The Morgan fingerprint density at radius 2 is 1.89 bits per heavy atom. The highest BCUT2D eigenvalue weighted by Gasteiger charge is 2.07. The molecule has 1 amide bonds. The van der Waals surface area contributed by atoms with Gasteiger partial charge in [-0.15, -0.1) is 11.8 Å². The summed E-state index contributed by atoms with van der Waals surface area (Å²) in [6, 6.07) is 7.69. The first-order valence-electron chi connectivity index (χ1n) is 5.38. The van der Waals surface area contributed by atoms with E-state index in [0.29, 0.717) is 0 Å². The fraction of sp³-hybridized carbons (Fsp3) is 0.231. The Morgan fingerprint density at radius 3 is 2.39 bits per heavy atom. The van der Waals surface area contributed by atoms with Crippen molar-refractivity contribution < 1.29 is 14.7 Å². The standard InChI is InChI=1S/C13H15NO3S/c1-9(14-12(15)7-8-13(16)17)10-3-5-11(18-2)6-4-10/h3-9H,1-2H3,(H,14,15)(H,16,17)/b8-7+. The number of carboxylic acid groups (broad SMARTS) is 1. The first-order chi connectivity index (χ1) is 8.52. The van der Waals surface area contributed by atoms with Gasteiger partial charge in [-0.3, -0.25) is 4.79 Å². The lowest BCUT2D eigenvalue weighted by Gasteiger charge is -2.13.